The van der Waals surface area contributed by atoms with Crippen molar-refractivity contribution in [2.45, 2.75) is 11.8 Å². The van der Waals surface area contributed by atoms with Crippen LogP contribution in [0.5, 0.6) is 5.75 Å². The van der Waals surface area contributed by atoms with Crippen molar-refractivity contribution in [2.75, 3.05) is 37.7 Å². The first kappa shape index (κ1) is 21.5. The van der Waals surface area contributed by atoms with Gasteiger partial charge in [0.25, 0.3) is 0 Å². The number of hydrogen-bond donors (Lipinski definition) is 0. The zero-order valence-corrected chi connectivity index (χ0v) is 18.7. The van der Waals surface area contributed by atoms with Gasteiger partial charge in [-0.25, -0.2) is 18.4 Å². The van der Waals surface area contributed by atoms with Crippen molar-refractivity contribution in [3.8, 4) is 17.0 Å². The molecule has 0 bridgehead atoms. The Morgan fingerprint density at radius 2 is 1.77 bits per heavy atom. The molecule has 2 heterocycles. The van der Waals surface area contributed by atoms with Crippen LogP contribution in [-0.2, 0) is 10.0 Å². The summed E-state index contributed by atoms with van der Waals surface area (Å²) in [5.74, 6) is 1.41. The van der Waals surface area contributed by atoms with Gasteiger partial charge in [0.15, 0.2) is 0 Å². The number of ether oxygens (including phenoxy) is 1. The quantitative estimate of drug-likeness (QED) is 0.560. The number of nitrogens with zero attached hydrogens (tertiary/aromatic N) is 4. The maximum atomic E-state index is 12.9. The summed E-state index contributed by atoms with van der Waals surface area (Å²) in [7, 11) is -3.58. The van der Waals surface area contributed by atoms with E-state index in [1.54, 1.807) is 24.4 Å². The third-order valence-electron chi connectivity index (χ3n) is 5.06. The molecule has 1 aromatic heterocycles. The predicted molar refractivity (Wildman–Crippen MR) is 121 cm³/mol. The maximum Gasteiger partial charge on any atom is 0.243 e. The largest absolute Gasteiger partial charge is 0.494 e. The summed E-state index contributed by atoms with van der Waals surface area (Å²) in [6.07, 6.45) is 1.73. The van der Waals surface area contributed by atoms with Crippen molar-refractivity contribution >= 4 is 27.6 Å². The highest BCUT2D eigenvalue weighted by Crippen LogP contribution is 2.24. The molecule has 0 spiro atoms. The second-order valence-electron chi connectivity index (χ2n) is 7.05. The van der Waals surface area contributed by atoms with Gasteiger partial charge in [0.2, 0.25) is 16.0 Å². The van der Waals surface area contributed by atoms with E-state index in [-0.39, 0.29) is 4.90 Å². The Balaban J connectivity index is 1.46. The molecule has 31 heavy (non-hydrogen) atoms. The van der Waals surface area contributed by atoms with Crippen molar-refractivity contribution < 1.29 is 13.2 Å². The lowest BCUT2D eigenvalue weighted by Gasteiger charge is -2.34. The SMILES string of the molecule is CCOc1ccc(-c2ccnc(N3CCN(S(=O)(=O)c4cccc(Cl)c4)CC3)n2)cc1. The molecule has 0 aliphatic carbocycles. The van der Waals surface area contributed by atoms with Gasteiger partial charge in [-0.15, -0.1) is 0 Å². The van der Waals surface area contributed by atoms with Crippen molar-refractivity contribution in [2.24, 2.45) is 0 Å². The number of benzene rings is 2. The van der Waals surface area contributed by atoms with Crippen molar-refractivity contribution in [1.29, 1.82) is 0 Å². The van der Waals surface area contributed by atoms with E-state index >= 15 is 0 Å². The van der Waals surface area contributed by atoms with Crippen LogP contribution in [0.4, 0.5) is 5.95 Å². The lowest BCUT2D eigenvalue weighted by atomic mass is 10.1. The summed E-state index contributed by atoms with van der Waals surface area (Å²) < 4.78 is 32.8. The Morgan fingerprint density at radius 3 is 2.45 bits per heavy atom. The number of piperazine rings is 1. The minimum atomic E-state index is -3.58. The van der Waals surface area contributed by atoms with E-state index in [1.807, 2.05) is 42.2 Å². The molecular weight excluding hydrogens is 436 g/mol. The summed E-state index contributed by atoms with van der Waals surface area (Å²) in [5.41, 5.74) is 1.77. The summed E-state index contributed by atoms with van der Waals surface area (Å²) in [6.45, 7) is 4.29. The topological polar surface area (TPSA) is 75.6 Å². The van der Waals surface area contributed by atoms with Gasteiger partial charge in [0.1, 0.15) is 5.75 Å². The number of halogens is 1. The molecular formula is C22H23ClN4O3S. The van der Waals surface area contributed by atoms with Crippen LogP contribution in [-0.4, -0.2) is 55.5 Å². The molecule has 4 rings (SSSR count). The van der Waals surface area contributed by atoms with Gasteiger partial charge in [-0.2, -0.15) is 4.31 Å². The first-order chi connectivity index (χ1) is 15.0. The van der Waals surface area contributed by atoms with Gasteiger partial charge < -0.3 is 9.64 Å². The molecule has 1 fully saturated rings. The monoisotopic (exact) mass is 458 g/mol. The normalized spacial score (nSPS) is 15.1. The van der Waals surface area contributed by atoms with Crippen LogP contribution in [0.1, 0.15) is 6.92 Å². The van der Waals surface area contributed by atoms with Crippen molar-refractivity contribution in [3.63, 3.8) is 0 Å². The molecule has 0 radical (unpaired) electrons. The highest BCUT2D eigenvalue weighted by atomic mass is 35.5. The molecule has 1 saturated heterocycles. The minimum absolute atomic E-state index is 0.210. The summed E-state index contributed by atoms with van der Waals surface area (Å²) in [6, 6.07) is 16.0. The molecule has 9 heteroatoms. The Morgan fingerprint density at radius 1 is 1.03 bits per heavy atom. The first-order valence-electron chi connectivity index (χ1n) is 10.0. The van der Waals surface area contributed by atoms with Crippen molar-refractivity contribution in [1.82, 2.24) is 14.3 Å². The average molecular weight is 459 g/mol. The van der Waals surface area contributed by atoms with E-state index in [2.05, 4.69) is 9.97 Å². The molecule has 3 aromatic rings. The predicted octanol–water partition coefficient (Wildman–Crippen LogP) is 3.71. The highest BCUT2D eigenvalue weighted by Gasteiger charge is 2.29. The van der Waals surface area contributed by atoms with Crippen LogP contribution in [0, 0.1) is 0 Å². The van der Waals surface area contributed by atoms with Gasteiger partial charge in [-0.1, -0.05) is 17.7 Å². The molecule has 0 saturated carbocycles. The van der Waals surface area contributed by atoms with E-state index in [1.165, 1.54) is 10.4 Å². The van der Waals surface area contributed by atoms with E-state index < -0.39 is 10.0 Å². The van der Waals surface area contributed by atoms with E-state index in [4.69, 9.17) is 16.3 Å². The summed E-state index contributed by atoms with van der Waals surface area (Å²) in [5, 5.41) is 0.402. The number of rotatable bonds is 6. The fourth-order valence-electron chi connectivity index (χ4n) is 3.46. The highest BCUT2D eigenvalue weighted by molar-refractivity contribution is 7.89. The molecule has 2 aromatic carbocycles. The molecule has 1 aliphatic rings. The van der Waals surface area contributed by atoms with Crippen LogP contribution < -0.4 is 9.64 Å². The fraction of sp³-hybridized carbons (Fsp3) is 0.273. The minimum Gasteiger partial charge on any atom is -0.494 e. The lowest BCUT2D eigenvalue weighted by molar-refractivity contribution is 0.340. The number of aromatic nitrogens is 2. The van der Waals surface area contributed by atoms with Gasteiger partial charge in [-0.3, -0.25) is 0 Å². The van der Waals surface area contributed by atoms with E-state index in [9.17, 15) is 8.42 Å². The third-order valence-corrected chi connectivity index (χ3v) is 7.19. The Bertz CT molecular complexity index is 1150. The Kier molecular flexibility index (Phi) is 6.41. The lowest BCUT2D eigenvalue weighted by Crippen LogP contribution is -2.49. The molecule has 162 valence electrons. The Labute approximate surface area is 187 Å². The van der Waals surface area contributed by atoms with Crippen LogP contribution in [0.15, 0.2) is 65.7 Å². The van der Waals surface area contributed by atoms with Gasteiger partial charge >= 0.3 is 0 Å². The number of sulfonamides is 1. The number of anilines is 1. The smallest absolute Gasteiger partial charge is 0.243 e. The van der Waals surface area contributed by atoms with Crippen LogP contribution in [0.2, 0.25) is 5.02 Å². The van der Waals surface area contributed by atoms with Gasteiger partial charge in [0.05, 0.1) is 17.2 Å². The zero-order valence-electron chi connectivity index (χ0n) is 17.1. The molecule has 1 aliphatic heterocycles. The van der Waals surface area contributed by atoms with Crippen LogP contribution in [0.25, 0.3) is 11.3 Å². The zero-order chi connectivity index (χ0) is 21.8. The first-order valence-corrected chi connectivity index (χ1v) is 11.9. The second-order valence-corrected chi connectivity index (χ2v) is 9.42. The standard InChI is InChI=1S/C22H23ClN4O3S/c1-2-30-19-8-6-17(7-9-19)21-10-11-24-22(25-21)26-12-14-27(15-13-26)31(28,29)20-5-3-4-18(23)16-20/h3-11,16H,2,12-15H2,1H3. The Hall–Kier alpha value is -2.68. The summed E-state index contributed by atoms with van der Waals surface area (Å²) in [4.78, 5) is 11.3. The van der Waals surface area contributed by atoms with Gasteiger partial charge in [0, 0.05) is 43.0 Å². The second kappa shape index (κ2) is 9.21. The van der Waals surface area contributed by atoms with Crippen LogP contribution >= 0.6 is 11.6 Å². The number of hydrogen-bond acceptors (Lipinski definition) is 6. The maximum absolute atomic E-state index is 12.9. The molecule has 7 nitrogen and oxygen atoms in total. The molecule has 0 atom stereocenters. The van der Waals surface area contributed by atoms with Crippen LogP contribution in [0.3, 0.4) is 0 Å². The molecule has 0 unspecified atom stereocenters. The van der Waals surface area contributed by atoms with E-state index in [0.717, 1.165) is 17.0 Å². The molecule has 0 amide bonds. The fourth-order valence-corrected chi connectivity index (χ4v) is 5.18. The summed E-state index contributed by atoms with van der Waals surface area (Å²) >= 11 is 5.97. The third kappa shape index (κ3) is 4.81. The van der Waals surface area contributed by atoms with Crippen molar-refractivity contribution in [3.05, 3.63) is 65.8 Å². The van der Waals surface area contributed by atoms with E-state index in [0.29, 0.717) is 43.8 Å². The molecule has 0 N–H and O–H groups in total. The average Bonchev–Trinajstić information content (AvgIpc) is 2.80. The van der Waals surface area contributed by atoms with Gasteiger partial charge in [-0.05, 0) is 55.5 Å².